The molecule has 0 spiro atoms. The van der Waals surface area contributed by atoms with E-state index in [1.165, 1.54) is 49.7 Å². The highest BCUT2D eigenvalue weighted by Crippen LogP contribution is 2.53. The van der Waals surface area contributed by atoms with E-state index in [9.17, 15) is 0 Å². The number of para-hydroxylation sites is 3. The molecule has 0 bridgehead atoms. The van der Waals surface area contributed by atoms with Crippen molar-refractivity contribution in [2.45, 2.75) is 19.3 Å². The summed E-state index contributed by atoms with van der Waals surface area (Å²) >= 11 is 0. The lowest BCUT2D eigenvalue weighted by molar-refractivity contribution is 0.630. The summed E-state index contributed by atoms with van der Waals surface area (Å²) in [4.78, 5) is 2.04. The van der Waals surface area contributed by atoms with Crippen LogP contribution in [0.1, 0.15) is 36.1 Å². The molecule has 0 fully saturated rings. The molecule has 1 heterocycles. The van der Waals surface area contributed by atoms with E-state index in [-0.39, 0.29) is 11.2 Å². The first kappa shape index (κ1) is 37.3. The summed E-state index contributed by atoms with van der Waals surface area (Å²) in [7, 11) is 0. The Morgan fingerprint density at radius 1 is 0.468 bits per heavy atom. The van der Waals surface area contributed by atoms with Gasteiger partial charge in [0, 0.05) is 38.8 Å². The summed E-state index contributed by atoms with van der Waals surface area (Å²) in [5.41, 5.74) is 16.8. The number of hydrogen-bond acceptors (Lipinski definition) is 1. The Bertz CT molecular complexity index is 3290. The van der Waals surface area contributed by atoms with Gasteiger partial charge >= 0.3 is 0 Å². The molecule has 2 nitrogen and oxygen atoms in total. The molecule has 1 aliphatic rings. The molecule has 9 aromatic carbocycles. The van der Waals surface area contributed by atoms with Crippen LogP contribution < -0.4 is 4.90 Å². The third-order valence-electron chi connectivity index (χ3n) is 12.6. The zero-order chi connectivity index (χ0) is 41.8. The monoisotopic (exact) mass is 798 g/mol. The number of aromatic nitrogens is 1. The predicted molar refractivity (Wildman–Crippen MR) is 259 cm³/mol. The quantitative estimate of drug-likeness (QED) is 0.139. The van der Waals surface area contributed by atoms with Gasteiger partial charge in [-0.2, -0.15) is 0 Å². The predicted octanol–water partition coefficient (Wildman–Crippen LogP) is 16.2. The highest BCUT2D eigenvalue weighted by molar-refractivity contribution is 6.13. The molecule has 3 heteroatoms. The molecule has 1 aromatic heterocycles. The van der Waals surface area contributed by atoms with Crippen LogP contribution in [0.5, 0.6) is 0 Å². The van der Waals surface area contributed by atoms with Gasteiger partial charge in [0.05, 0.1) is 16.7 Å². The Morgan fingerprint density at radius 3 is 1.77 bits per heavy atom. The first-order valence-corrected chi connectivity index (χ1v) is 21.3. The van der Waals surface area contributed by atoms with Crippen LogP contribution in [-0.2, 0) is 5.41 Å². The topological polar surface area (TPSA) is 8.17 Å². The zero-order valence-corrected chi connectivity index (χ0v) is 34.6. The fourth-order valence-electron chi connectivity index (χ4n) is 9.68. The number of rotatable bonds is 8. The number of halogens is 1. The first-order valence-electron chi connectivity index (χ1n) is 21.3. The van der Waals surface area contributed by atoms with Gasteiger partial charge in [-0.15, -0.1) is 0 Å². The van der Waals surface area contributed by atoms with Gasteiger partial charge in [-0.25, -0.2) is 4.39 Å². The minimum Gasteiger partial charge on any atom is -0.309 e. The van der Waals surface area contributed by atoms with Crippen molar-refractivity contribution in [3.8, 4) is 39.1 Å². The maximum atomic E-state index is 16.9. The summed E-state index contributed by atoms with van der Waals surface area (Å²) < 4.78 is 19.4. The summed E-state index contributed by atoms with van der Waals surface area (Å²) in [5, 5.41) is 2.55. The van der Waals surface area contributed by atoms with Gasteiger partial charge in [0.25, 0.3) is 0 Å². The molecule has 0 radical (unpaired) electrons. The number of hydrogen-bond donors (Lipinski definition) is 0. The van der Waals surface area contributed by atoms with Crippen molar-refractivity contribution in [2.24, 2.45) is 0 Å². The largest absolute Gasteiger partial charge is 0.309 e. The van der Waals surface area contributed by atoms with Crippen LogP contribution in [0.15, 0.2) is 212 Å². The standard InChI is InChI=1S/C59H43FN2/c1-59(2)53-37-41(31-34-48(53)50-35-36-51-49-25-15-16-26-55(49)62(58(51)56(50)59)46-23-13-6-14-24-46)28-27-40-29-32-47(33-30-40)61(45-21-11-5-12-22-45)57-52(43-19-9-4-10-20-43)38-44(39-54(57)60)42-17-7-3-8-18-42/h3-39H,1-2H3/b28-27+. The van der Waals surface area contributed by atoms with Crippen LogP contribution >= 0.6 is 0 Å². The molecule has 0 aliphatic heterocycles. The van der Waals surface area contributed by atoms with E-state index in [2.05, 4.69) is 146 Å². The minimum atomic E-state index is -0.290. The van der Waals surface area contributed by atoms with Crippen molar-refractivity contribution in [1.82, 2.24) is 4.57 Å². The Labute approximate surface area is 362 Å². The number of benzene rings is 9. The van der Waals surface area contributed by atoms with Crippen molar-refractivity contribution in [3.63, 3.8) is 0 Å². The molecule has 296 valence electrons. The maximum Gasteiger partial charge on any atom is 0.148 e. The summed E-state index contributed by atoms with van der Waals surface area (Å²) in [6, 6.07) is 73.4. The van der Waals surface area contributed by atoms with Gasteiger partial charge in [0.1, 0.15) is 5.82 Å². The van der Waals surface area contributed by atoms with E-state index in [0.717, 1.165) is 44.8 Å². The zero-order valence-electron chi connectivity index (χ0n) is 34.6. The summed E-state index contributed by atoms with van der Waals surface area (Å²) in [6.45, 7) is 4.74. The van der Waals surface area contributed by atoms with Gasteiger partial charge < -0.3 is 9.47 Å². The number of nitrogens with zero attached hydrogens (tertiary/aromatic N) is 2. The normalized spacial score (nSPS) is 12.8. The average molecular weight is 799 g/mol. The lowest BCUT2D eigenvalue weighted by Gasteiger charge is -2.29. The molecule has 1 aliphatic carbocycles. The van der Waals surface area contributed by atoms with Crippen LogP contribution in [0.2, 0.25) is 0 Å². The molecule has 11 rings (SSSR count). The molecule has 0 amide bonds. The average Bonchev–Trinajstić information content (AvgIpc) is 3.78. The van der Waals surface area contributed by atoms with Crippen molar-refractivity contribution < 1.29 is 4.39 Å². The number of anilines is 3. The Hall–Kier alpha value is -7.75. The molecule has 0 N–H and O–H groups in total. The molecule has 0 saturated carbocycles. The van der Waals surface area contributed by atoms with Gasteiger partial charge in [0.15, 0.2) is 0 Å². The number of fused-ring (bicyclic) bond motifs is 7. The molecule has 0 unspecified atom stereocenters. The highest BCUT2D eigenvalue weighted by atomic mass is 19.1. The van der Waals surface area contributed by atoms with Crippen LogP contribution in [0.3, 0.4) is 0 Å². The van der Waals surface area contributed by atoms with Crippen LogP contribution in [0, 0.1) is 5.82 Å². The van der Waals surface area contributed by atoms with Crippen LogP contribution in [0.4, 0.5) is 21.5 Å². The fourth-order valence-corrected chi connectivity index (χ4v) is 9.68. The molecular formula is C59H43FN2. The lowest BCUT2D eigenvalue weighted by atomic mass is 9.81. The second kappa shape index (κ2) is 15.1. The molecule has 0 saturated heterocycles. The molecular weight excluding hydrogens is 756 g/mol. The van der Waals surface area contributed by atoms with E-state index in [1.807, 2.05) is 95.9 Å². The van der Waals surface area contributed by atoms with Crippen molar-refractivity contribution in [2.75, 3.05) is 4.90 Å². The summed E-state index contributed by atoms with van der Waals surface area (Å²) in [5.74, 6) is -0.290. The SMILES string of the molecule is CC1(C)c2cc(/C=C/c3ccc(N(c4ccccc4)c4c(F)cc(-c5ccccc5)cc4-c4ccccc4)cc3)ccc2-c2ccc3c4ccccc4n(-c4ccccc4)c3c21. The maximum absolute atomic E-state index is 16.9. The smallest absolute Gasteiger partial charge is 0.148 e. The van der Waals surface area contributed by atoms with Crippen molar-refractivity contribution in [3.05, 3.63) is 240 Å². The second-order valence-electron chi connectivity index (χ2n) is 16.7. The lowest BCUT2D eigenvalue weighted by Crippen LogP contribution is -2.16. The third kappa shape index (κ3) is 6.24. The Morgan fingerprint density at radius 2 is 1.05 bits per heavy atom. The van der Waals surface area contributed by atoms with E-state index < -0.39 is 0 Å². The third-order valence-corrected chi connectivity index (χ3v) is 12.6. The van der Waals surface area contributed by atoms with E-state index in [4.69, 9.17) is 0 Å². The van der Waals surface area contributed by atoms with Crippen molar-refractivity contribution >= 4 is 51.0 Å². The van der Waals surface area contributed by atoms with Crippen LogP contribution in [-0.4, -0.2) is 4.57 Å². The molecule has 62 heavy (non-hydrogen) atoms. The van der Waals surface area contributed by atoms with Crippen LogP contribution in [0.25, 0.3) is 73.0 Å². The molecule has 0 atom stereocenters. The van der Waals surface area contributed by atoms with Gasteiger partial charge in [0.2, 0.25) is 0 Å². The van der Waals surface area contributed by atoms with Gasteiger partial charge in [-0.05, 0) is 105 Å². The fraction of sp³-hybridized carbons (Fsp3) is 0.0508. The Balaban J connectivity index is 0.955. The van der Waals surface area contributed by atoms with E-state index in [1.54, 1.807) is 6.07 Å². The summed E-state index contributed by atoms with van der Waals surface area (Å²) in [6.07, 6.45) is 4.37. The van der Waals surface area contributed by atoms with E-state index in [0.29, 0.717) is 5.69 Å². The highest BCUT2D eigenvalue weighted by Gasteiger charge is 2.38. The van der Waals surface area contributed by atoms with Crippen molar-refractivity contribution in [1.29, 1.82) is 0 Å². The van der Waals surface area contributed by atoms with E-state index >= 15 is 4.39 Å². The molecule has 10 aromatic rings. The van der Waals surface area contributed by atoms with Gasteiger partial charge in [-0.3, -0.25) is 0 Å². The second-order valence-corrected chi connectivity index (χ2v) is 16.7. The minimum absolute atomic E-state index is 0.231. The Kier molecular flexibility index (Phi) is 9.05. The van der Waals surface area contributed by atoms with Gasteiger partial charge in [-0.1, -0.05) is 184 Å². The first-order chi connectivity index (χ1) is 30.4.